The first-order valence-electron chi connectivity index (χ1n) is 17.3. The number of carbonyl (C=O) groups excluding carboxylic acids is 1. The smallest absolute Gasteiger partial charge is 0.416 e. The van der Waals surface area contributed by atoms with Gasteiger partial charge in [0.2, 0.25) is 0 Å². The standard InChI is InChI=1S/C29H27F3N.C13H24O2.Ir/c1-17-12-18(2)14-22(13-17)28-24-9-8-21-15-25(19(3)20-6-4-5-7-20)27(29(30,31)32)16-26(21)23(24)10-11-33-28;1-7-12(3,4)10(14)9-11(15)13(5,6)8-2;/h8-13,15-16,19-20H,4-7H2,1-3H3;9,14H,7-8H2,1-6H3;/q-1;;/b;10-9-;. The molecule has 0 aliphatic heterocycles. The molecule has 0 bridgehead atoms. The molecule has 1 saturated carbocycles. The van der Waals surface area contributed by atoms with Crippen LogP contribution in [0.2, 0.25) is 0 Å². The zero-order valence-corrected chi connectivity index (χ0v) is 32.8. The van der Waals surface area contributed by atoms with Gasteiger partial charge in [0.05, 0.1) is 5.56 Å². The Bertz CT molecular complexity index is 1800. The zero-order valence-electron chi connectivity index (χ0n) is 30.4. The van der Waals surface area contributed by atoms with Crippen LogP contribution in [0, 0.1) is 36.7 Å². The molecule has 7 heteroatoms. The van der Waals surface area contributed by atoms with Gasteiger partial charge < -0.3 is 10.1 Å². The van der Waals surface area contributed by atoms with E-state index in [-0.39, 0.29) is 48.4 Å². The number of aliphatic hydroxyl groups is 1. The van der Waals surface area contributed by atoms with Gasteiger partial charge in [0.25, 0.3) is 0 Å². The third kappa shape index (κ3) is 9.21. The van der Waals surface area contributed by atoms with Crippen molar-refractivity contribution in [3.05, 3.63) is 88.8 Å². The van der Waals surface area contributed by atoms with Crippen LogP contribution in [0.3, 0.4) is 0 Å². The van der Waals surface area contributed by atoms with Crippen LogP contribution in [-0.2, 0) is 31.1 Å². The van der Waals surface area contributed by atoms with E-state index in [4.69, 9.17) is 0 Å². The molecule has 1 fully saturated rings. The molecule has 4 aromatic rings. The minimum Gasteiger partial charge on any atom is -0.512 e. The van der Waals surface area contributed by atoms with Gasteiger partial charge in [0, 0.05) is 43.2 Å². The summed E-state index contributed by atoms with van der Waals surface area (Å²) in [5, 5.41) is 12.9. The Hall–Kier alpha value is -3.02. The van der Waals surface area contributed by atoms with E-state index < -0.39 is 11.7 Å². The number of carbonyl (C=O) groups is 1. The molecule has 0 saturated heterocycles. The predicted molar refractivity (Wildman–Crippen MR) is 192 cm³/mol. The van der Waals surface area contributed by atoms with E-state index in [0.717, 1.165) is 77.1 Å². The summed E-state index contributed by atoms with van der Waals surface area (Å²) in [6.07, 6.45) is 4.52. The maximum Gasteiger partial charge on any atom is 0.416 e. The zero-order chi connectivity index (χ0) is 35.6. The molecule has 1 N–H and O–H groups in total. The predicted octanol–water partition coefficient (Wildman–Crippen LogP) is 12.7. The second kappa shape index (κ2) is 15.9. The van der Waals surface area contributed by atoms with E-state index in [1.807, 2.05) is 92.6 Å². The monoisotopic (exact) mass is 851 g/mol. The van der Waals surface area contributed by atoms with Gasteiger partial charge in [-0.3, -0.25) is 4.79 Å². The van der Waals surface area contributed by atoms with Crippen molar-refractivity contribution in [1.29, 1.82) is 0 Å². The Labute approximate surface area is 304 Å². The summed E-state index contributed by atoms with van der Waals surface area (Å²) >= 11 is 0. The first kappa shape index (κ1) is 40.4. The van der Waals surface area contributed by atoms with Crippen molar-refractivity contribution in [3.8, 4) is 11.3 Å². The van der Waals surface area contributed by atoms with Crippen LogP contribution in [0.4, 0.5) is 13.2 Å². The fourth-order valence-corrected chi connectivity index (χ4v) is 6.50. The summed E-state index contributed by atoms with van der Waals surface area (Å²) in [6, 6.07) is 16.3. The molecule has 0 amide bonds. The molecule has 267 valence electrons. The number of hydrogen-bond donors (Lipinski definition) is 1. The van der Waals surface area contributed by atoms with Crippen LogP contribution >= 0.6 is 0 Å². The van der Waals surface area contributed by atoms with Gasteiger partial charge in [-0.15, -0.1) is 34.9 Å². The minimum absolute atomic E-state index is 0. The number of aryl methyl sites for hydroxylation is 2. The first-order valence-corrected chi connectivity index (χ1v) is 17.3. The number of benzene rings is 3. The summed E-state index contributed by atoms with van der Waals surface area (Å²) in [7, 11) is 0. The molecule has 1 aliphatic carbocycles. The number of hydrogen-bond acceptors (Lipinski definition) is 3. The van der Waals surface area contributed by atoms with Gasteiger partial charge in [-0.1, -0.05) is 93.4 Å². The maximum absolute atomic E-state index is 14.2. The molecule has 3 nitrogen and oxygen atoms in total. The van der Waals surface area contributed by atoms with E-state index in [0.29, 0.717) is 16.9 Å². The number of nitrogens with zero attached hydrogens (tertiary/aromatic N) is 1. The molecule has 0 spiro atoms. The molecule has 1 aliphatic rings. The fourth-order valence-electron chi connectivity index (χ4n) is 6.50. The number of allylic oxidation sites excluding steroid dienone is 2. The molecule has 1 aromatic heterocycles. The Morgan fingerprint density at radius 2 is 1.57 bits per heavy atom. The molecular formula is C42H51F3IrNO2-. The molecule has 5 rings (SSSR count). The minimum atomic E-state index is -4.39. The van der Waals surface area contributed by atoms with Crippen LogP contribution in [0.25, 0.3) is 32.8 Å². The van der Waals surface area contributed by atoms with Crippen molar-refractivity contribution >= 4 is 27.3 Å². The van der Waals surface area contributed by atoms with Gasteiger partial charge >= 0.3 is 6.18 Å². The summed E-state index contributed by atoms with van der Waals surface area (Å²) in [5.74, 6) is 0.405. The van der Waals surface area contributed by atoms with Gasteiger partial charge in [0.15, 0.2) is 5.78 Å². The van der Waals surface area contributed by atoms with Crippen molar-refractivity contribution in [2.24, 2.45) is 16.7 Å². The number of fused-ring (bicyclic) bond motifs is 3. The number of aliphatic hydroxyl groups excluding tert-OH is 1. The molecule has 49 heavy (non-hydrogen) atoms. The van der Waals surface area contributed by atoms with Gasteiger partial charge in [-0.2, -0.15) is 13.2 Å². The van der Waals surface area contributed by atoms with E-state index in [1.54, 1.807) is 12.3 Å². The number of alkyl halides is 3. The fraction of sp³-hybridized carbons (Fsp3) is 0.476. The molecule has 3 aromatic carbocycles. The van der Waals surface area contributed by atoms with Gasteiger partial charge in [-0.05, 0) is 82.5 Å². The van der Waals surface area contributed by atoms with Crippen LogP contribution in [0.15, 0.2) is 60.5 Å². The third-order valence-corrected chi connectivity index (χ3v) is 10.6. The second-order valence-corrected chi connectivity index (χ2v) is 14.9. The third-order valence-electron chi connectivity index (χ3n) is 10.6. The van der Waals surface area contributed by atoms with E-state index in [2.05, 4.69) is 11.1 Å². The summed E-state index contributed by atoms with van der Waals surface area (Å²) in [4.78, 5) is 16.4. The summed E-state index contributed by atoms with van der Waals surface area (Å²) < 4.78 is 42.7. The number of pyridine rings is 1. The summed E-state index contributed by atoms with van der Waals surface area (Å²) in [6.45, 7) is 17.6. The van der Waals surface area contributed by atoms with Gasteiger partial charge in [-0.25, -0.2) is 0 Å². The number of aromatic nitrogens is 1. The second-order valence-electron chi connectivity index (χ2n) is 14.9. The largest absolute Gasteiger partial charge is 0.512 e. The average molecular weight is 851 g/mol. The van der Waals surface area contributed by atoms with Crippen molar-refractivity contribution in [1.82, 2.24) is 4.98 Å². The van der Waals surface area contributed by atoms with Crippen LogP contribution < -0.4 is 0 Å². The van der Waals surface area contributed by atoms with Crippen LogP contribution in [0.1, 0.15) is 115 Å². The Morgan fingerprint density at radius 3 is 2.14 bits per heavy atom. The molecule has 1 unspecified atom stereocenters. The number of halogens is 3. The SMILES string of the molecule is CCC(C)(C)C(=O)/C=C(\O)C(C)(C)CC.Cc1[c-]c(-c2nccc3c2ccc2cc(C(C)C4CCCC4)c(C(F)(F)F)cc23)cc(C)c1.[Ir]. The maximum atomic E-state index is 14.2. The van der Waals surface area contributed by atoms with Crippen molar-refractivity contribution in [2.45, 2.75) is 113 Å². The topological polar surface area (TPSA) is 50.2 Å². The molecule has 1 heterocycles. The summed E-state index contributed by atoms with van der Waals surface area (Å²) in [5.41, 5.74) is 2.96. The average Bonchev–Trinajstić information content (AvgIpc) is 3.58. The van der Waals surface area contributed by atoms with Crippen molar-refractivity contribution in [2.75, 3.05) is 0 Å². The number of rotatable bonds is 8. The van der Waals surface area contributed by atoms with E-state index in [1.165, 1.54) is 12.1 Å². The van der Waals surface area contributed by atoms with Gasteiger partial charge in [0.1, 0.15) is 5.76 Å². The number of ketones is 1. The first-order chi connectivity index (χ1) is 22.4. The van der Waals surface area contributed by atoms with Crippen LogP contribution in [-0.4, -0.2) is 15.9 Å². The molecule has 1 atom stereocenters. The molecular weight excluding hydrogens is 800 g/mol. The Kier molecular flexibility index (Phi) is 13.1. The van der Waals surface area contributed by atoms with Crippen molar-refractivity contribution in [3.63, 3.8) is 0 Å². The molecule has 1 radical (unpaired) electrons. The van der Waals surface area contributed by atoms with Crippen LogP contribution in [0.5, 0.6) is 0 Å². The Balaban J connectivity index is 0.000000347. The quantitative estimate of drug-likeness (QED) is 0.0832. The van der Waals surface area contributed by atoms with E-state index >= 15 is 0 Å². The normalized spacial score (nSPS) is 15.1. The van der Waals surface area contributed by atoms with Crippen molar-refractivity contribution < 1.29 is 43.2 Å². The van der Waals surface area contributed by atoms with E-state index in [9.17, 15) is 23.1 Å². The Morgan fingerprint density at radius 1 is 0.939 bits per heavy atom.